The monoisotopic (exact) mass is 158 g/mol. The van der Waals surface area contributed by atoms with Crippen LogP contribution in [0.25, 0.3) is 0 Å². The highest BCUT2D eigenvalue weighted by molar-refractivity contribution is 4.81. The fourth-order valence-corrected chi connectivity index (χ4v) is 0.925. The second-order valence-corrected chi connectivity index (χ2v) is 4.13. The Bertz CT molecular complexity index is 105. The lowest BCUT2D eigenvalue weighted by Gasteiger charge is -2.29. The average molecular weight is 158 g/mol. The molecule has 0 aromatic carbocycles. The molecule has 0 aliphatic rings. The third-order valence-electron chi connectivity index (χ3n) is 2.45. The fraction of sp³-hybridized carbons (Fsp3) is 1.00. The summed E-state index contributed by atoms with van der Waals surface area (Å²) in [6, 6.07) is 0.313. The predicted octanol–water partition coefficient (Wildman–Crippen LogP) is 1.49. The summed E-state index contributed by atoms with van der Waals surface area (Å²) in [5, 5.41) is 0. The van der Waals surface area contributed by atoms with Gasteiger partial charge in [-0.15, -0.1) is 0 Å². The van der Waals surface area contributed by atoms with E-state index in [1.54, 1.807) is 0 Å². The normalized spacial score (nSPS) is 18.0. The lowest BCUT2D eigenvalue weighted by atomic mass is 9.85. The van der Waals surface area contributed by atoms with E-state index in [1.165, 1.54) is 0 Å². The zero-order chi connectivity index (χ0) is 9.07. The van der Waals surface area contributed by atoms with E-state index in [9.17, 15) is 0 Å². The van der Waals surface area contributed by atoms with Crippen LogP contribution in [0.3, 0.4) is 0 Å². The van der Waals surface area contributed by atoms with Crippen molar-refractivity contribution in [1.82, 2.24) is 0 Å². The van der Waals surface area contributed by atoms with Crippen LogP contribution in [-0.2, 0) is 0 Å². The van der Waals surface area contributed by atoms with Crippen molar-refractivity contribution in [3.8, 4) is 0 Å². The van der Waals surface area contributed by atoms with Crippen LogP contribution in [0.2, 0.25) is 0 Å². The van der Waals surface area contributed by atoms with Gasteiger partial charge in [0.25, 0.3) is 0 Å². The van der Waals surface area contributed by atoms with Crippen molar-refractivity contribution in [2.24, 2.45) is 17.4 Å². The van der Waals surface area contributed by atoms with Gasteiger partial charge in [-0.05, 0) is 32.6 Å². The zero-order valence-corrected chi connectivity index (χ0v) is 8.22. The molecule has 68 valence electrons. The Morgan fingerprint density at radius 3 is 2.09 bits per heavy atom. The first-order chi connectivity index (χ1) is 4.88. The molecule has 0 aliphatic carbocycles. The van der Waals surface area contributed by atoms with Gasteiger partial charge in [0.1, 0.15) is 0 Å². The number of rotatable bonds is 4. The van der Waals surface area contributed by atoms with Gasteiger partial charge in [0.15, 0.2) is 0 Å². The SMILES string of the molecule is CCC(N)CC(C)C(C)(C)N. The van der Waals surface area contributed by atoms with Gasteiger partial charge in [-0.25, -0.2) is 0 Å². The minimum atomic E-state index is -0.0905. The van der Waals surface area contributed by atoms with E-state index >= 15 is 0 Å². The summed E-state index contributed by atoms with van der Waals surface area (Å²) in [4.78, 5) is 0. The molecule has 4 N–H and O–H groups in total. The van der Waals surface area contributed by atoms with Gasteiger partial charge < -0.3 is 11.5 Å². The van der Waals surface area contributed by atoms with E-state index in [2.05, 4.69) is 27.7 Å². The largest absolute Gasteiger partial charge is 0.328 e. The molecule has 11 heavy (non-hydrogen) atoms. The lowest BCUT2D eigenvalue weighted by Crippen LogP contribution is -2.42. The van der Waals surface area contributed by atoms with Crippen molar-refractivity contribution >= 4 is 0 Å². The Labute approximate surface area is 70.3 Å². The van der Waals surface area contributed by atoms with E-state index in [1.807, 2.05) is 0 Å². The summed E-state index contributed by atoms with van der Waals surface area (Å²) in [6.45, 7) is 8.39. The highest BCUT2D eigenvalue weighted by Gasteiger charge is 2.21. The van der Waals surface area contributed by atoms with Crippen molar-refractivity contribution in [2.75, 3.05) is 0 Å². The summed E-state index contributed by atoms with van der Waals surface area (Å²) < 4.78 is 0. The Kier molecular flexibility index (Phi) is 4.04. The van der Waals surface area contributed by atoms with Gasteiger partial charge in [-0.2, -0.15) is 0 Å². The molecule has 0 saturated heterocycles. The number of hydrogen-bond donors (Lipinski definition) is 2. The Balaban J connectivity index is 3.77. The van der Waals surface area contributed by atoms with E-state index in [4.69, 9.17) is 11.5 Å². The highest BCUT2D eigenvalue weighted by Crippen LogP contribution is 2.18. The molecule has 0 spiro atoms. The smallest absolute Gasteiger partial charge is 0.0123 e. The van der Waals surface area contributed by atoms with Crippen molar-refractivity contribution in [3.63, 3.8) is 0 Å². The number of hydrogen-bond acceptors (Lipinski definition) is 2. The predicted molar refractivity (Wildman–Crippen MR) is 50.3 cm³/mol. The topological polar surface area (TPSA) is 52.0 Å². The molecule has 2 unspecified atom stereocenters. The van der Waals surface area contributed by atoms with Crippen molar-refractivity contribution in [1.29, 1.82) is 0 Å². The molecule has 0 aromatic heterocycles. The zero-order valence-electron chi connectivity index (χ0n) is 8.22. The van der Waals surface area contributed by atoms with Gasteiger partial charge in [-0.1, -0.05) is 13.8 Å². The molecule has 2 heteroatoms. The number of nitrogens with two attached hydrogens (primary N) is 2. The summed E-state index contributed by atoms with van der Waals surface area (Å²) in [5.74, 6) is 0.498. The van der Waals surface area contributed by atoms with Crippen molar-refractivity contribution in [2.45, 2.75) is 52.1 Å². The van der Waals surface area contributed by atoms with Crippen LogP contribution in [0.1, 0.15) is 40.5 Å². The van der Waals surface area contributed by atoms with Crippen LogP contribution in [0.4, 0.5) is 0 Å². The minimum absolute atomic E-state index is 0.0905. The maximum atomic E-state index is 5.93. The quantitative estimate of drug-likeness (QED) is 0.651. The van der Waals surface area contributed by atoms with Crippen molar-refractivity contribution < 1.29 is 0 Å². The molecule has 0 bridgehead atoms. The molecular weight excluding hydrogens is 136 g/mol. The third-order valence-corrected chi connectivity index (χ3v) is 2.45. The van der Waals surface area contributed by atoms with E-state index in [0.29, 0.717) is 12.0 Å². The highest BCUT2D eigenvalue weighted by atomic mass is 14.7. The lowest BCUT2D eigenvalue weighted by molar-refractivity contribution is 0.304. The second-order valence-electron chi connectivity index (χ2n) is 4.13. The van der Waals surface area contributed by atoms with Gasteiger partial charge in [0, 0.05) is 11.6 Å². The summed E-state index contributed by atoms with van der Waals surface area (Å²) in [5.41, 5.74) is 11.7. The van der Waals surface area contributed by atoms with Crippen LogP contribution in [-0.4, -0.2) is 11.6 Å². The molecule has 0 amide bonds. The van der Waals surface area contributed by atoms with Crippen LogP contribution in [0, 0.1) is 5.92 Å². The first kappa shape index (κ1) is 10.9. The van der Waals surface area contributed by atoms with Gasteiger partial charge >= 0.3 is 0 Å². The van der Waals surface area contributed by atoms with Crippen LogP contribution in [0.15, 0.2) is 0 Å². The van der Waals surface area contributed by atoms with Gasteiger partial charge in [0.2, 0.25) is 0 Å². The maximum Gasteiger partial charge on any atom is 0.0123 e. The minimum Gasteiger partial charge on any atom is -0.328 e. The van der Waals surface area contributed by atoms with E-state index in [0.717, 1.165) is 12.8 Å². The summed E-state index contributed by atoms with van der Waals surface area (Å²) in [7, 11) is 0. The van der Waals surface area contributed by atoms with E-state index < -0.39 is 0 Å². The molecule has 0 fully saturated rings. The van der Waals surface area contributed by atoms with Crippen LogP contribution in [0.5, 0.6) is 0 Å². The molecule has 0 aliphatic heterocycles. The summed E-state index contributed by atoms with van der Waals surface area (Å²) >= 11 is 0. The third kappa shape index (κ3) is 4.38. The molecule has 2 nitrogen and oxygen atoms in total. The standard InChI is InChI=1S/C9H22N2/c1-5-8(10)6-7(2)9(3,4)11/h7-8H,5-6,10-11H2,1-4H3. The van der Waals surface area contributed by atoms with Gasteiger partial charge in [0.05, 0.1) is 0 Å². The first-order valence-electron chi connectivity index (χ1n) is 4.42. The Morgan fingerprint density at radius 2 is 1.82 bits per heavy atom. The molecular formula is C9H22N2. The summed E-state index contributed by atoms with van der Waals surface area (Å²) in [6.07, 6.45) is 2.07. The average Bonchev–Trinajstić information content (AvgIpc) is 1.85. The Morgan fingerprint density at radius 1 is 1.36 bits per heavy atom. The first-order valence-corrected chi connectivity index (χ1v) is 4.42. The molecule has 0 saturated carbocycles. The molecule has 0 radical (unpaired) electrons. The fourth-order valence-electron chi connectivity index (χ4n) is 0.925. The van der Waals surface area contributed by atoms with Crippen LogP contribution >= 0.6 is 0 Å². The second kappa shape index (κ2) is 4.07. The van der Waals surface area contributed by atoms with Gasteiger partial charge in [-0.3, -0.25) is 0 Å². The van der Waals surface area contributed by atoms with E-state index in [-0.39, 0.29) is 5.54 Å². The molecule has 2 atom stereocenters. The van der Waals surface area contributed by atoms with Crippen molar-refractivity contribution in [3.05, 3.63) is 0 Å². The molecule has 0 rings (SSSR count). The van der Waals surface area contributed by atoms with Crippen LogP contribution < -0.4 is 11.5 Å². The molecule has 0 aromatic rings. The molecule has 0 heterocycles. The maximum absolute atomic E-state index is 5.93. The Hall–Kier alpha value is -0.0800.